The lowest BCUT2D eigenvalue weighted by atomic mass is 10.1. The van der Waals surface area contributed by atoms with Gasteiger partial charge in [0.15, 0.2) is 23.3 Å². The highest BCUT2D eigenvalue weighted by molar-refractivity contribution is 5.90. The molecule has 1 aromatic heterocycles. The van der Waals surface area contributed by atoms with Crippen molar-refractivity contribution in [1.29, 1.82) is 0 Å². The van der Waals surface area contributed by atoms with Crippen LogP contribution >= 0.6 is 0 Å². The van der Waals surface area contributed by atoms with Gasteiger partial charge in [-0.05, 0) is 31.2 Å². The van der Waals surface area contributed by atoms with Gasteiger partial charge in [-0.15, -0.1) is 0 Å². The molecule has 3 aromatic rings. The minimum Gasteiger partial charge on any atom is -0.462 e. The summed E-state index contributed by atoms with van der Waals surface area (Å²) in [5.41, 5.74) is -1.72. The molecule has 0 aliphatic carbocycles. The van der Waals surface area contributed by atoms with Gasteiger partial charge in [-0.3, -0.25) is 5.43 Å². The molecule has 0 amide bonds. The Labute approximate surface area is 181 Å². The molecule has 0 saturated carbocycles. The molecular formula is C21H13F7N2O3. The van der Waals surface area contributed by atoms with Gasteiger partial charge in [0.25, 0.3) is 0 Å². The van der Waals surface area contributed by atoms with Gasteiger partial charge in [0.1, 0.15) is 22.8 Å². The molecule has 33 heavy (non-hydrogen) atoms. The van der Waals surface area contributed by atoms with Crippen LogP contribution in [-0.2, 0) is 10.9 Å². The molecule has 0 unspecified atom stereocenters. The maximum absolute atomic E-state index is 13.8. The van der Waals surface area contributed by atoms with E-state index in [1.165, 1.54) is 24.3 Å². The van der Waals surface area contributed by atoms with Crippen LogP contribution in [0.4, 0.5) is 36.4 Å². The Balaban J connectivity index is 1.77. The van der Waals surface area contributed by atoms with Crippen molar-refractivity contribution in [1.82, 2.24) is 0 Å². The first-order valence-electron chi connectivity index (χ1n) is 9.14. The van der Waals surface area contributed by atoms with E-state index >= 15 is 0 Å². The largest absolute Gasteiger partial charge is 0.462 e. The molecule has 0 bridgehead atoms. The summed E-state index contributed by atoms with van der Waals surface area (Å²) in [6.07, 6.45) is -4.76. The third-order valence-corrected chi connectivity index (χ3v) is 4.22. The summed E-state index contributed by atoms with van der Waals surface area (Å²) in [4.78, 5) is 11.7. The Bertz CT molecular complexity index is 1170. The van der Waals surface area contributed by atoms with E-state index in [0.717, 1.165) is 6.21 Å². The second kappa shape index (κ2) is 9.35. The van der Waals surface area contributed by atoms with E-state index in [1.807, 2.05) is 0 Å². The minimum atomic E-state index is -5.64. The molecular weight excluding hydrogens is 461 g/mol. The van der Waals surface area contributed by atoms with E-state index in [1.54, 1.807) is 24.5 Å². The van der Waals surface area contributed by atoms with E-state index in [-0.39, 0.29) is 12.4 Å². The number of hydrogen-bond acceptors (Lipinski definition) is 5. The quantitative estimate of drug-likeness (QED) is 0.153. The third-order valence-electron chi connectivity index (χ3n) is 4.22. The topological polar surface area (TPSA) is 63.8 Å². The van der Waals surface area contributed by atoms with Crippen LogP contribution in [0.25, 0.3) is 11.3 Å². The number of hydrazone groups is 1. The first-order valence-corrected chi connectivity index (χ1v) is 9.14. The molecule has 0 saturated heterocycles. The maximum atomic E-state index is 13.8. The van der Waals surface area contributed by atoms with Crippen molar-refractivity contribution >= 4 is 17.9 Å². The third kappa shape index (κ3) is 4.99. The number of anilines is 1. The minimum absolute atomic E-state index is 0.0284. The highest BCUT2D eigenvalue weighted by atomic mass is 19.4. The number of carbonyl (C=O) groups is 1. The van der Waals surface area contributed by atoms with Crippen LogP contribution in [0.3, 0.4) is 0 Å². The van der Waals surface area contributed by atoms with Crippen LogP contribution in [0.1, 0.15) is 28.6 Å². The number of furan rings is 1. The average Bonchev–Trinajstić information content (AvgIpc) is 3.23. The van der Waals surface area contributed by atoms with Crippen molar-refractivity contribution in [3.8, 4) is 11.3 Å². The van der Waals surface area contributed by atoms with Gasteiger partial charge >= 0.3 is 12.1 Å². The van der Waals surface area contributed by atoms with Crippen LogP contribution in [0.15, 0.2) is 45.9 Å². The fourth-order valence-corrected chi connectivity index (χ4v) is 2.70. The van der Waals surface area contributed by atoms with Gasteiger partial charge in [0.2, 0.25) is 0 Å². The van der Waals surface area contributed by atoms with Gasteiger partial charge < -0.3 is 9.15 Å². The van der Waals surface area contributed by atoms with Crippen LogP contribution in [-0.4, -0.2) is 18.8 Å². The normalized spacial score (nSPS) is 11.8. The van der Waals surface area contributed by atoms with E-state index in [0.29, 0.717) is 16.9 Å². The highest BCUT2D eigenvalue weighted by Crippen LogP contribution is 2.38. The molecule has 1 N–H and O–H groups in total. The average molecular weight is 474 g/mol. The molecule has 0 atom stereocenters. The Morgan fingerprint density at radius 1 is 1.00 bits per heavy atom. The van der Waals surface area contributed by atoms with E-state index in [4.69, 9.17) is 9.15 Å². The van der Waals surface area contributed by atoms with Crippen LogP contribution < -0.4 is 5.43 Å². The van der Waals surface area contributed by atoms with Crippen LogP contribution in [0, 0.1) is 23.3 Å². The van der Waals surface area contributed by atoms with E-state index < -0.39 is 46.7 Å². The summed E-state index contributed by atoms with van der Waals surface area (Å²) < 4.78 is 103. The molecule has 3 rings (SSSR count). The molecule has 0 aliphatic rings. The summed E-state index contributed by atoms with van der Waals surface area (Å²) in [6.45, 7) is 1.88. The monoisotopic (exact) mass is 474 g/mol. The second-order valence-corrected chi connectivity index (χ2v) is 6.37. The molecule has 174 valence electrons. The fraction of sp³-hybridized carbons (Fsp3) is 0.143. The predicted octanol–water partition coefficient (Wildman–Crippen LogP) is 6.14. The summed E-state index contributed by atoms with van der Waals surface area (Å²) in [6, 6.07) is 9.04. The smallest absolute Gasteiger partial charge is 0.422 e. The molecule has 0 aliphatic heterocycles. The number of esters is 1. The summed E-state index contributed by atoms with van der Waals surface area (Å²) in [5.74, 6) is -9.95. The zero-order valence-corrected chi connectivity index (χ0v) is 16.6. The van der Waals surface area contributed by atoms with Gasteiger partial charge in [-0.25, -0.2) is 22.4 Å². The maximum Gasteiger partial charge on any atom is 0.422 e. The Morgan fingerprint density at radius 2 is 1.61 bits per heavy atom. The zero-order valence-electron chi connectivity index (χ0n) is 16.6. The standard InChI is InChI=1S/C21H13F7N2O3/c1-2-32-20(31)11-5-3-10(4-6-11)13-8-7-12(33-13)9-29-30-19-17(24)15(22)14(21(26,27)28)16(23)18(19)25/h3-9,30H,2H2,1H3. The molecule has 2 aromatic carbocycles. The second-order valence-electron chi connectivity index (χ2n) is 6.37. The van der Waals surface area contributed by atoms with Gasteiger partial charge in [0.05, 0.1) is 18.4 Å². The molecule has 0 fully saturated rings. The van der Waals surface area contributed by atoms with Crippen LogP contribution in [0.5, 0.6) is 0 Å². The van der Waals surface area contributed by atoms with Gasteiger partial charge in [-0.2, -0.15) is 18.3 Å². The number of nitrogens with one attached hydrogen (secondary N) is 1. The van der Waals surface area contributed by atoms with Crippen molar-refractivity contribution < 1.29 is 44.7 Å². The van der Waals surface area contributed by atoms with Crippen molar-refractivity contribution in [2.75, 3.05) is 12.0 Å². The SMILES string of the molecule is CCOC(=O)c1ccc(-c2ccc(C=NNc3c(F)c(F)c(C(F)(F)F)c(F)c3F)o2)cc1. The Morgan fingerprint density at radius 3 is 2.15 bits per heavy atom. The number of rotatable bonds is 6. The zero-order chi connectivity index (χ0) is 24.3. The van der Waals surface area contributed by atoms with Gasteiger partial charge in [-0.1, -0.05) is 12.1 Å². The molecule has 12 heteroatoms. The molecule has 1 heterocycles. The molecule has 0 spiro atoms. The summed E-state index contributed by atoms with van der Waals surface area (Å²) >= 11 is 0. The van der Waals surface area contributed by atoms with Crippen molar-refractivity contribution in [2.24, 2.45) is 5.10 Å². The van der Waals surface area contributed by atoms with Crippen molar-refractivity contribution in [2.45, 2.75) is 13.1 Å². The number of ether oxygens (including phenoxy) is 1. The summed E-state index contributed by atoms with van der Waals surface area (Å²) in [5, 5.41) is 3.35. The Kier molecular flexibility index (Phi) is 6.75. The first-order chi connectivity index (χ1) is 15.5. The lowest BCUT2D eigenvalue weighted by Gasteiger charge is -2.13. The first kappa shape index (κ1) is 23.8. The molecule has 5 nitrogen and oxygen atoms in total. The number of alkyl halides is 3. The number of hydrogen-bond donors (Lipinski definition) is 1. The van der Waals surface area contributed by atoms with Crippen molar-refractivity contribution in [3.05, 3.63) is 76.6 Å². The fourth-order valence-electron chi connectivity index (χ4n) is 2.70. The van der Waals surface area contributed by atoms with Gasteiger partial charge in [0, 0.05) is 5.56 Å². The van der Waals surface area contributed by atoms with Crippen molar-refractivity contribution in [3.63, 3.8) is 0 Å². The predicted molar refractivity (Wildman–Crippen MR) is 103 cm³/mol. The lowest BCUT2D eigenvalue weighted by Crippen LogP contribution is -2.16. The van der Waals surface area contributed by atoms with E-state index in [9.17, 15) is 35.5 Å². The Hall–Kier alpha value is -3.83. The number of halogens is 7. The highest BCUT2D eigenvalue weighted by Gasteiger charge is 2.42. The lowest BCUT2D eigenvalue weighted by molar-refractivity contribution is -0.143. The number of benzene rings is 2. The number of carbonyl (C=O) groups excluding carboxylic acids is 1. The number of nitrogens with zero attached hydrogens (tertiary/aromatic N) is 1. The van der Waals surface area contributed by atoms with E-state index in [2.05, 4.69) is 5.10 Å². The summed E-state index contributed by atoms with van der Waals surface area (Å²) in [7, 11) is 0. The molecule has 0 radical (unpaired) electrons. The van der Waals surface area contributed by atoms with Crippen LogP contribution in [0.2, 0.25) is 0 Å².